The lowest BCUT2D eigenvalue weighted by atomic mass is 10.1. The van der Waals surface area contributed by atoms with E-state index < -0.39 is 0 Å². The van der Waals surface area contributed by atoms with Gasteiger partial charge in [0.2, 0.25) is 5.91 Å². The van der Waals surface area contributed by atoms with E-state index in [9.17, 15) is 9.59 Å². The predicted molar refractivity (Wildman–Crippen MR) is 116 cm³/mol. The summed E-state index contributed by atoms with van der Waals surface area (Å²) in [6.07, 6.45) is 3.95. The average Bonchev–Trinajstić information content (AvgIpc) is 3.26. The summed E-state index contributed by atoms with van der Waals surface area (Å²) in [5.74, 6) is -0.0379. The van der Waals surface area contributed by atoms with Crippen LogP contribution in [-0.4, -0.2) is 26.6 Å². The van der Waals surface area contributed by atoms with Gasteiger partial charge in [-0.2, -0.15) is 0 Å². The molecule has 0 aliphatic carbocycles. The number of H-pyrrole nitrogens is 1. The van der Waals surface area contributed by atoms with Crippen LogP contribution in [0.3, 0.4) is 0 Å². The maximum Gasteiger partial charge on any atom is 0.329 e. The fraction of sp³-hybridized carbons (Fsp3) is 0.304. The van der Waals surface area contributed by atoms with Crippen LogP contribution in [0, 0.1) is 0 Å². The summed E-state index contributed by atoms with van der Waals surface area (Å²) in [4.78, 5) is 28.4. The van der Waals surface area contributed by atoms with Crippen LogP contribution in [0.2, 0.25) is 0 Å². The summed E-state index contributed by atoms with van der Waals surface area (Å²) in [6.45, 7) is 3.70. The van der Waals surface area contributed by atoms with Gasteiger partial charge in [-0.05, 0) is 36.6 Å². The number of aryl methyl sites for hydroxylation is 2. The van der Waals surface area contributed by atoms with Crippen LogP contribution >= 0.6 is 0 Å². The van der Waals surface area contributed by atoms with Gasteiger partial charge in [0.25, 0.3) is 0 Å². The molecular weight excluding hydrogens is 364 g/mol. The molecule has 4 rings (SSSR count). The molecule has 150 valence electrons. The Morgan fingerprint density at radius 3 is 2.45 bits per heavy atom. The number of nitrogens with one attached hydrogen (secondary N) is 2. The highest BCUT2D eigenvalue weighted by Gasteiger charge is 2.13. The van der Waals surface area contributed by atoms with Crippen molar-refractivity contribution in [3.05, 3.63) is 70.8 Å². The third-order valence-electron chi connectivity index (χ3n) is 5.33. The van der Waals surface area contributed by atoms with Crippen LogP contribution in [0.25, 0.3) is 21.9 Å². The van der Waals surface area contributed by atoms with Gasteiger partial charge >= 0.3 is 5.69 Å². The van der Waals surface area contributed by atoms with E-state index in [1.807, 2.05) is 48.7 Å². The van der Waals surface area contributed by atoms with Gasteiger partial charge in [-0.15, -0.1) is 0 Å². The number of para-hydroxylation sites is 3. The molecule has 0 saturated heterocycles. The van der Waals surface area contributed by atoms with E-state index in [0.717, 1.165) is 29.4 Å². The molecule has 0 aliphatic heterocycles. The number of imidazole rings is 1. The minimum absolute atomic E-state index is 0.0379. The molecule has 2 aromatic carbocycles. The van der Waals surface area contributed by atoms with Crippen molar-refractivity contribution in [3.8, 4) is 0 Å². The molecule has 0 spiro atoms. The second-order valence-electron chi connectivity index (χ2n) is 7.28. The van der Waals surface area contributed by atoms with Crippen LogP contribution in [0.1, 0.15) is 25.3 Å². The van der Waals surface area contributed by atoms with Crippen molar-refractivity contribution in [2.45, 2.75) is 39.3 Å². The molecule has 0 unspecified atom stereocenters. The lowest BCUT2D eigenvalue weighted by Crippen LogP contribution is -2.29. The van der Waals surface area contributed by atoms with Crippen LogP contribution in [0.5, 0.6) is 0 Å². The summed E-state index contributed by atoms with van der Waals surface area (Å²) in [6, 6.07) is 15.9. The Bertz CT molecular complexity index is 1200. The van der Waals surface area contributed by atoms with Gasteiger partial charge in [-0.25, -0.2) is 4.79 Å². The van der Waals surface area contributed by atoms with E-state index in [1.54, 1.807) is 9.13 Å². The fourth-order valence-electron chi connectivity index (χ4n) is 3.91. The SMILES string of the molecule is CCCn1c(=O)n(CCC(=O)NCCc2c[nH]c3ccccc23)c2ccccc21. The van der Waals surface area contributed by atoms with Crippen molar-refractivity contribution in [2.24, 2.45) is 0 Å². The molecule has 0 saturated carbocycles. The normalized spacial score (nSPS) is 11.3. The molecule has 1 amide bonds. The first-order valence-corrected chi connectivity index (χ1v) is 10.2. The predicted octanol–water partition coefficient (Wildman–Crippen LogP) is 3.44. The summed E-state index contributed by atoms with van der Waals surface area (Å²) < 4.78 is 3.51. The minimum Gasteiger partial charge on any atom is -0.361 e. The molecule has 2 N–H and O–H groups in total. The smallest absolute Gasteiger partial charge is 0.329 e. The van der Waals surface area contributed by atoms with E-state index >= 15 is 0 Å². The first-order valence-electron chi connectivity index (χ1n) is 10.2. The molecule has 2 heterocycles. The van der Waals surface area contributed by atoms with Crippen LogP contribution in [-0.2, 0) is 24.3 Å². The summed E-state index contributed by atoms with van der Waals surface area (Å²) in [5, 5.41) is 4.17. The Kier molecular flexibility index (Phi) is 5.51. The lowest BCUT2D eigenvalue weighted by Gasteiger charge is -2.06. The number of fused-ring (bicyclic) bond motifs is 2. The third kappa shape index (κ3) is 3.83. The Labute approximate surface area is 169 Å². The molecule has 2 aromatic heterocycles. The average molecular weight is 390 g/mol. The number of carbonyl (C=O) groups excluding carboxylic acids is 1. The second-order valence-corrected chi connectivity index (χ2v) is 7.28. The van der Waals surface area contributed by atoms with Crippen molar-refractivity contribution >= 4 is 27.8 Å². The van der Waals surface area contributed by atoms with Gasteiger partial charge < -0.3 is 10.3 Å². The quantitative estimate of drug-likeness (QED) is 0.484. The highest BCUT2D eigenvalue weighted by atomic mass is 16.2. The highest BCUT2D eigenvalue weighted by Crippen LogP contribution is 2.17. The van der Waals surface area contributed by atoms with Gasteiger partial charge in [0.05, 0.1) is 11.0 Å². The number of benzene rings is 2. The summed E-state index contributed by atoms with van der Waals surface area (Å²) >= 11 is 0. The third-order valence-corrected chi connectivity index (χ3v) is 5.33. The molecule has 6 heteroatoms. The van der Waals surface area contributed by atoms with Crippen molar-refractivity contribution in [2.75, 3.05) is 6.54 Å². The molecule has 0 aliphatic rings. The number of amides is 1. The highest BCUT2D eigenvalue weighted by molar-refractivity contribution is 5.83. The molecular formula is C23H26N4O2. The van der Waals surface area contributed by atoms with Gasteiger partial charge in [0.15, 0.2) is 0 Å². The number of hydrogen-bond donors (Lipinski definition) is 2. The van der Waals surface area contributed by atoms with E-state index in [4.69, 9.17) is 0 Å². The maximum absolute atomic E-state index is 12.8. The van der Waals surface area contributed by atoms with Crippen LogP contribution in [0.15, 0.2) is 59.5 Å². The number of nitrogens with zero attached hydrogens (tertiary/aromatic N) is 2. The summed E-state index contributed by atoms with van der Waals surface area (Å²) in [7, 11) is 0. The van der Waals surface area contributed by atoms with Gasteiger partial charge in [-0.1, -0.05) is 37.3 Å². The minimum atomic E-state index is -0.0420. The Balaban J connectivity index is 1.37. The van der Waals surface area contributed by atoms with Crippen LogP contribution in [0.4, 0.5) is 0 Å². The van der Waals surface area contributed by atoms with Crippen molar-refractivity contribution < 1.29 is 4.79 Å². The molecule has 0 fully saturated rings. The molecule has 0 bridgehead atoms. The molecule has 0 radical (unpaired) electrons. The number of rotatable bonds is 8. The maximum atomic E-state index is 12.8. The lowest BCUT2D eigenvalue weighted by molar-refractivity contribution is -0.121. The largest absolute Gasteiger partial charge is 0.361 e. The van der Waals surface area contributed by atoms with E-state index in [0.29, 0.717) is 19.6 Å². The monoisotopic (exact) mass is 390 g/mol. The number of aromatic nitrogens is 3. The van der Waals surface area contributed by atoms with Gasteiger partial charge in [-0.3, -0.25) is 13.9 Å². The van der Waals surface area contributed by atoms with Crippen molar-refractivity contribution in [1.82, 2.24) is 19.4 Å². The van der Waals surface area contributed by atoms with Crippen molar-refractivity contribution in [3.63, 3.8) is 0 Å². The van der Waals surface area contributed by atoms with Gasteiger partial charge in [0, 0.05) is 43.2 Å². The number of carbonyl (C=O) groups is 1. The van der Waals surface area contributed by atoms with Gasteiger partial charge in [0.1, 0.15) is 0 Å². The molecule has 29 heavy (non-hydrogen) atoms. The molecule has 6 nitrogen and oxygen atoms in total. The summed E-state index contributed by atoms with van der Waals surface area (Å²) in [5.41, 5.74) is 4.08. The zero-order valence-electron chi connectivity index (χ0n) is 16.6. The first kappa shape index (κ1) is 19.1. The molecule has 0 atom stereocenters. The molecule has 4 aromatic rings. The Morgan fingerprint density at radius 1 is 1.00 bits per heavy atom. The second kappa shape index (κ2) is 8.39. The standard InChI is InChI=1S/C23H26N4O2/c1-2-14-26-20-9-5-6-10-21(20)27(23(26)29)15-12-22(28)24-13-11-17-16-25-19-8-4-3-7-18(17)19/h3-10,16,25H,2,11-15H2,1H3,(H,24,28). The topological polar surface area (TPSA) is 71.8 Å². The van der Waals surface area contributed by atoms with Crippen LogP contribution < -0.4 is 11.0 Å². The zero-order valence-corrected chi connectivity index (χ0v) is 16.6. The van der Waals surface area contributed by atoms with E-state index in [1.165, 1.54) is 10.9 Å². The fourth-order valence-corrected chi connectivity index (χ4v) is 3.91. The Morgan fingerprint density at radius 2 is 1.69 bits per heavy atom. The van der Waals surface area contributed by atoms with E-state index in [-0.39, 0.29) is 18.0 Å². The first-order chi connectivity index (χ1) is 14.2. The number of aromatic amines is 1. The number of hydrogen-bond acceptors (Lipinski definition) is 2. The zero-order chi connectivity index (χ0) is 20.2. The van der Waals surface area contributed by atoms with E-state index in [2.05, 4.69) is 23.3 Å². The van der Waals surface area contributed by atoms with Crippen molar-refractivity contribution in [1.29, 1.82) is 0 Å². The Hall–Kier alpha value is -3.28.